The van der Waals surface area contributed by atoms with Crippen LogP contribution in [0.3, 0.4) is 0 Å². The highest BCUT2D eigenvalue weighted by atomic mass is 16.3. The van der Waals surface area contributed by atoms with Crippen LogP contribution in [0.2, 0.25) is 0 Å². The minimum Gasteiger partial charge on any atom is -0.441 e. The highest BCUT2D eigenvalue weighted by molar-refractivity contribution is 5.97. The number of rotatable bonds is 6. The molecule has 5 nitrogen and oxygen atoms in total. The Bertz CT molecular complexity index is 858. The molecule has 0 aliphatic heterocycles. The van der Waals surface area contributed by atoms with Crippen molar-refractivity contribution < 1.29 is 9.21 Å². The van der Waals surface area contributed by atoms with Crippen LogP contribution in [-0.2, 0) is 0 Å². The minimum absolute atomic E-state index is 0.00769. The van der Waals surface area contributed by atoms with Crippen LogP contribution >= 0.6 is 0 Å². The molecule has 1 atom stereocenters. The topological polar surface area (TPSA) is 59.2 Å². The normalized spacial score (nSPS) is 12.3. The largest absolute Gasteiger partial charge is 0.441 e. The van der Waals surface area contributed by atoms with Gasteiger partial charge in [-0.05, 0) is 36.2 Å². The van der Waals surface area contributed by atoms with E-state index >= 15 is 0 Å². The average Bonchev–Trinajstić information content (AvgIpc) is 3.01. The molecule has 130 valence electrons. The lowest BCUT2D eigenvalue weighted by Crippen LogP contribution is -2.31. The number of nitrogens with zero attached hydrogens (tertiary/aromatic N) is 3. The maximum absolute atomic E-state index is 13.0. The van der Waals surface area contributed by atoms with E-state index in [0.29, 0.717) is 17.0 Å². The number of fused-ring (bicyclic) bond motifs is 1. The average molecular weight is 337 g/mol. The number of aromatic nitrogens is 2. The quantitative estimate of drug-likeness (QED) is 0.663. The number of hydrogen-bond acceptors (Lipinski definition) is 4. The predicted molar refractivity (Wildman–Crippen MR) is 97.3 cm³/mol. The van der Waals surface area contributed by atoms with Crippen molar-refractivity contribution >= 4 is 17.0 Å². The second-order valence-corrected chi connectivity index (χ2v) is 6.28. The fourth-order valence-corrected chi connectivity index (χ4v) is 3.07. The standard InChI is InChI=1S/C20H23N3O2/c1-4-5-8-18(16-7-6-11-21-13-16)23(3)20(24)15-9-10-17-19(12-15)25-14(2)22-17/h6-7,9-13,18H,4-5,8H2,1-3H3/t18-/m1/s1. The number of carbonyl (C=O) groups excluding carboxylic acids is 1. The summed E-state index contributed by atoms with van der Waals surface area (Å²) >= 11 is 0. The summed E-state index contributed by atoms with van der Waals surface area (Å²) in [6.45, 7) is 3.96. The molecule has 3 aromatic rings. The second-order valence-electron chi connectivity index (χ2n) is 6.28. The van der Waals surface area contributed by atoms with E-state index in [9.17, 15) is 4.79 Å². The number of carbonyl (C=O) groups is 1. The third kappa shape index (κ3) is 3.71. The summed E-state index contributed by atoms with van der Waals surface area (Å²) in [6, 6.07) is 9.36. The van der Waals surface area contributed by atoms with Gasteiger partial charge in [0.25, 0.3) is 5.91 Å². The van der Waals surface area contributed by atoms with E-state index in [-0.39, 0.29) is 11.9 Å². The molecule has 25 heavy (non-hydrogen) atoms. The fourth-order valence-electron chi connectivity index (χ4n) is 3.07. The summed E-state index contributed by atoms with van der Waals surface area (Å²) in [5.41, 5.74) is 3.08. The van der Waals surface area contributed by atoms with Gasteiger partial charge >= 0.3 is 0 Å². The van der Waals surface area contributed by atoms with E-state index in [0.717, 1.165) is 30.3 Å². The molecular formula is C20H23N3O2. The van der Waals surface area contributed by atoms with Gasteiger partial charge in [-0.1, -0.05) is 25.8 Å². The maximum Gasteiger partial charge on any atom is 0.254 e. The minimum atomic E-state index is -0.0269. The SMILES string of the molecule is CCCC[C@H](c1cccnc1)N(C)C(=O)c1ccc2nc(C)oc2c1. The third-order valence-electron chi connectivity index (χ3n) is 4.43. The molecule has 1 aromatic carbocycles. The highest BCUT2D eigenvalue weighted by Crippen LogP contribution is 2.27. The lowest BCUT2D eigenvalue weighted by Gasteiger charge is -2.28. The molecule has 0 unspecified atom stereocenters. The van der Waals surface area contributed by atoms with Gasteiger partial charge in [-0.15, -0.1) is 0 Å². The monoisotopic (exact) mass is 337 g/mol. The molecule has 0 radical (unpaired) electrons. The Hall–Kier alpha value is -2.69. The summed E-state index contributed by atoms with van der Waals surface area (Å²) in [7, 11) is 1.85. The van der Waals surface area contributed by atoms with Gasteiger partial charge in [0.1, 0.15) is 5.52 Å². The van der Waals surface area contributed by atoms with Crippen LogP contribution in [-0.4, -0.2) is 27.8 Å². The van der Waals surface area contributed by atoms with Gasteiger partial charge in [-0.2, -0.15) is 0 Å². The van der Waals surface area contributed by atoms with Crippen LogP contribution in [0.15, 0.2) is 47.1 Å². The van der Waals surface area contributed by atoms with Gasteiger partial charge in [0.05, 0.1) is 6.04 Å². The van der Waals surface area contributed by atoms with Gasteiger partial charge in [0.15, 0.2) is 11.5 Å². The van der Waals surface area contributed by atoms with E-state index in [1.807, 2.05) is 37.5 Å². The van der Waals surface area contributed by atoms with Crippen LogP contribution in [0.1, 0.15) is 54.0 Å². The molecule has 0 saturated heterocycles. The first kappa shape index (κ1) is 17.1. The van der Waals surface area contributed by atoms with Crippen molar-refractivity contribution in [1.82, 2.24) is 14.9 Å². The van der Waals surface area contributed by atoms with Crippen molar-refractivity contribution in [2.24, 2.45) is 0 Å². The zero-order valence-corrected chi connectivity index (χ0v) is 14.9. The summed E-state index contributed by atoms with van der Waals surface area (Å²) in [5.74, 6) is 0.574. The molecule has 5 heteroatoms. The fraction of sp³-hybridized carbons (Fsp3) is 0.350. The molecule has 2 heterocycles. The molecule has 0 aliphatic carbocycles. The number of pyridine rings is 1. The zero-order chi connectivity index (χ0) is 17.8. The Morgan fingerprint density at radius 1 is 1.32 bits per heavy atom. The Kier molecular flexibility index (Phi) is 5.12. The van der Waals surface area contributed by atoms with E-state index in [2.05, 4.69) is 16.9 Å². The number of unbranched alkanes of at least 4 members (excludes halogenated alkanes) is 1. The van der Waals surface area contributed by atoms with E-state index in [4.69, 9.17) is 4.42 Å². The molecule has 0 N–H and O–H groups in total. The van der Waals surface area contributed by atoms with E-state index < -0.39 is 0 Å². The Morgan fingerprint density at radius 2 is 2.16 bits per heavy atom. The third-order valence-corrected chi connectivity index (χ3v) is 4.43. The van der Waals surface area contributed by atoms with Crippen LogP contribution in [0.25, 0.3) is 11.1 Å². The summed E-state index contributed by atoms with van der Waals surface area (Å²) < 4.78 is 5.56. The smallest absolute Gasteiger partial charge is 0.254 e. The molecule has 0 aliphatic rings. The van der Waals surface area contributed by atoms with Crippen LogP contribution in [0.4, 0.5) is 0 Å². The molecular weight excluding hydrogens is 314 g/mol. The first-order valence-electron chi connectivity index (χ1n) is 8.64. The van der Waals surface area contributed by atoms with Crippen molar-refractivity contribution in [1.29, 1.82) is 0 Å². The van der Waals surface area contributed by atoms with Crippen LogP contribution < -0.4 is 0 Å². The number of hydrogen-bond donors (Lipinski definition) is 0. The Balaban J connectivity index is 1.88. The molecule has 3 rings (SSSR count). The van der Waals surface area contributed by atoms with Gasteiger partial charge in [-0.25, -0.2) is 4.98 Å². The van der Waals surface area contributed by atoms with Gasteiger partial charge in [-0.3, -0.25) is 9.78 Å². The van der Waals surface area contributed by atoms with Crippen molar-refractivity contribution in [2.75, 3.05) is 7.05 Å². The zero-order valence-electron chi connectivity index (χ0n) is 14.9. The molecule has 2 aromatic heterocycles. The first-order chi connectivity index (χ1) is 12.1. The van der Waals surface area contributed by atoms with Gasteiger partial charge in [0.2, 0.25) is 0 Å². The first-order valence-corrected chi connectivity index (χ1v) is 8.64. The number of aryl methyl sites for hydroxylation is 1. The van der Waals surface area contributed by atoms with Crippen LogP contribution in [0.5, 0.6) is 0 Å². The van der Waals surface area contributed by atoms with E-state index in [1.54, 1.807) is 24.1 Å². The summed E-state index contributed by atoms with van der Waals surface area (Å²) in [6.07, 6.45) is 6.64. The number of amides is 1. The van der Waals surface area contributed by atoms with Crippen LogP contribution in [0, 0.1) is 6.92 Å². The van der Waals surface area contributed by atoms with Crippen molar-refractivity contribution in [3.63, 3.8) is 0 Å². The molecule has 1 amide bonds. The van der Waals surface area contributed by atoms with Crippen molar-refractivity contribution in [2.45, 2.75) is 39.2 Å². The van der Waals surface area contributed by atoms with Gasteiger partial charge < -0.3 is 9.32 Å². The molecule has 0 saturated carbocycles. The lowest BCUT2D eigenvalue weighted by molar-refractivity contribution is 0.0720. The lowest BCUT2D eigenvalue weighted by atomic mass is 10.0. The second kappa shape index (κ2) is 7.47. The molecule has 0 bridgehead atoms. The Labute approximate surface area is 147 Å². The number of benzene rings is 1. The number of oxazole rings is 1. The Morgan fingerprint density at radius 3 is 2.88 bits per heavy atom. The van der Waals surface area contributed by atoms with Gasteiger partial charge in [0, 0.05) is 31.9 Å². The van der Waals surface area contributed by atoms with Crippen molar-refractivity contribution in [3.8, 4) is 0 Å². The summed E-state index contributed by atoms with van der Waals surface area (Å²) in [4.78, 5) is 23.3. The maximum atomic E-state index is 13.0. The molecule has 0 fully saturated rings. The van der Waals surface area contributed by atoms with E-state index in [1.165, 1.54) is 0 Å². The molecule has 0 spiro atoms. The highest BCUT2D eigenvalue weighted by Gasteiger charge is 2.23. The van der Waals surface area contributed by atoms with Crippen molar-refractivity contribution in [3.05, 3.63) is 59.7 Å². The summed E-state index contributed by atoms with van der Waals surface area (Å²) in [5, 5.41) is 0. The predicted octanol–water partition coefficient (Wildman–Crippen LogP) is 4.53.